The van der Waals surface area contributed by atoms with Crippen LogP contribution in [-0.2, 0) is 16.1 Å². The van der Waals surface area contributed by atoms with Gasteiger partial charge in [0, 0.05) is 10.4 Å². The van der Waals surface area contributed by atoms with Crippen molar-refractivity contribution < 1.29 is 14.3 Å². The summed E-state index contributed by atoms with van der Waals surface area (Å²) >= 11 is 7.22. The maximum atomic E-state index is 12.3. The standard InChI is InChI=1S/C18H20ClNO3S/c1-11(2)16(18(22)23-10-14-8-9-15(19)24-14)20-17(21)13-6-4-12(3)5-7-13/h4-9,11,16H,10H2,1-3H3,(H,20,21)/t16-/m0/s1. The van der Waals surface area contributed by atoms with Crippen molar-refractivity contribution in [3.8, 4) is 0 Å². The third-order valence-corrected chi connectivity index (χ3v) is 4.71. The highest BCUT2D eigenvalue weighted by Gasteiger charge is 2.26. The molecule has 1 heterocycles. The molecule has 1 aromatic heterocycles. The molecule has 0 spiro atoms. The molecule has 0 aliphatic heterocycles. The van der Waals surface area contributed by atoms with E-state index in [1.54, 1.807) is 18.2 Å². The van der Waals surface area contributed by atoms with Gasteiger partial charge in [-0.3, -0.25) is 4.79 Å². The molecule has 2 rings (SSSR count). The van der Waals surface area contributed by atoms with E-state index in [0.29, 0.717) is 9.90 Å². The Morgan fingerprint density at radius 2 is 1.83 bits per heavy atom. The number of carbonyl (C=O) groups excluding carboxylic acids is 2. The number of hydrogen-bond donors (Lipinski definition) is 1. The smallest absolute Gasteiger partial charge is 0.329 e. The Balaban J connectivity index is 1.98. The van der Waals surface area contributed by atoms with E-state index < -0.39 is 12.0 Å². The molecule has 1 atom stereocenters. The molecule has 4 nitrogen and oxygen atoms in total. The molecule has 6 heteroatoms. The number of ether oxygens (including phenoxy) is 1. The summed E-state index contributed by atoms with van der Waals surface area (Å²) in [5.74, 6) is -0.821. The first-order valence-corrected chi connectivity index (χ1v) is 8.84. The minimum absolute atomic E-state index is 0.0844. The lowest BCUT2D eigenvalue weighted by atomic mass is 10.0. The lowest BCUT2D eigenvalue weighted by Gasteiger charge is -2.20. The molecule has 24 heavy (non-hydrogen) atoms. The van der Waals surface area contributed by atoms with Crippen molar-refractivity contribution in [2.45, 2.75) is 33.4 Å². The van der Waals surface area contributed by atoms with E-state index in [1.165, 1.54) is 11.3 Å². The fourth-order valence-electron chi connectivity index (χ4n) is 2.09. The first-order valence-electron chi connectivity index (χ1n) is 7.65. The summed E-state index contributed by atoms with van der Waals surface area (Å²) in [6.07, 6.45) is 0. The summed E-state index contributed by atoms with van der Waals surface area (Å²) in [4.78, 5) is 25.5. The second kappa shape index (κ2) is 8.31. The van der Waals surface area contributed by atoms with Gasteiger partial charge in [-0.2, -0.15) is 0 Å². The maximum absolute atomic E-state index is 12.3. The first-order chi connectivity index (χ1) is 11.4. The summed E-state index contributed by atoms with van der Waals surface area (Å²) < 4.78 is 5.97. The molecule has 0 saturated carbocycles. The van der Waals surface area contributed by atoms with Crippen LogP contribution in [0.4, 0.5) is 0 Å². The number of rotatable bonds is 6. The fourth-order valence-corrected chi connectivity index (χ4v) is 3.09. The van der Waals surface area contributed by atoms with Crippen LogP contribution in [0, 0.1) is 12.8 Å². The topological polar surface area (TPSA) is 55.4 Å². The number of halogens is 1. The van der Waals surface area contributed by atoms with Gasteiger partial charge in [0.15, 0.2) is 0 Å². The van der Waals surface area contributed by atoms with Gasteiger partial charge in [0.05, 0.1) is 4.34 Å². The molecular weight excluding hydrogens is 346 g/mol. The summed E-state index contributed by atoms with van der Waals surface area (Å²) in [6, 6.07) is 10.1. The van der Waals surface area contributed by atoms with Gasteiger partial charge in [0.1, 0.15) is 12.6 Å². The van der Waals surface area contributed by atoms with Crippen LogP contribution in [0.5, 0.6) is 0 Å². The summed E-state index contributed by atoms with van der Waals surface area (Å²) in [5, 5.41) is 2.76. The van der Waals surface area contributed by atoms with Crippen molar-refractivity contribution in [1.82, 2.24) is 5.32 Å². The highest BCUT2D eigenvalue weighted by molar-refractivity contribution is 7.16. The second-order valence-corrected chi connectivity index (χ2v) is 7.67. The fraction of sp³-hybridized carbons (Fsp3) is 0.333. The molecule has 1 amide bonds. The summed E-state index contributed by atoms with van der Waals surface area (Å²) in [7, 11) is 0. The van der Waals surface area contributed by atoms with E-state index in [4.69, 9.17) is 16.3 Å². The second-order valence-electron chi connectivity index (χ2n) is 5.87. The Labute approximate surface area is 150 Å². The molecule has 0 bridgehead atoms. The van der Waals surface area contributed by atoms with Crippen LogP contribution in [0.15, 0.2) is 36.4 Å². The maximum Gasteiger partial charge on any atom is 0.329 e. The Morgan fingerprint density at radius 3 is 2.38 bits per heavy atom. The normalized spacial score (nSPS) is 12.0. The van der Waals surface area contributed by atoms with Gasteiger partial charge < -0.3 is 10.1 Å². The lowest BCUT2D eigenvalue weighted by Crippen LogP contribution is -2.45. The van der Waals surface area contributed by atoms with Crippen molar-refractivity contribution in [3.63, 3.8) is 0 Å². The SMILES string of the molecule is Cc1ccc(C(=O)N[C@H](C(=O)OCc2ccc(Cl)s2)C(C)C)cc1. The molecule has 2 aromatic rings. The molecule has 1 N–H and O–H groups in total. The van der Waals surface area contributed by atoms with Gasteiger partial charge in [0.2, 0.25) is 0 Å². The monoisotopic (exact) mass is 365 g/mol. The zero-order chi connectivity index (χ0) is 17.7. The number of hydrogen-bond acceptors (Lipinski definition) is 4. The summed E-state index contributed by atoms with van der Waals surface area (Å²) in [5.41, 5.74) is 1.59. The molecule has 0 saturated heterocycles. The number of thiophene rings is 1. The number of amides is 1. The third-order valence-electron chi connectivity index (χ3n) is 3.51. The van der Waals surface area contributed by atoms with Crippen molar-refractivity contribution in [3.05, 3.63) is 56.7 Å². The number of aryl methyl sites for hydroxylation is 1. The number of nitrogens with one attached hydrogen (secondary N) is 1. The van der Waals surface area contributed by atoms with E-state index in [9.17, 15) is 9.59 Å². The van der Waals surface area contributed by atoms with Crippen LogP contribution in [-0.4, -0.2) is 17.9 Å². The number of esters is 1. The average Bonchev–Trinajstić information content (AvgIpc) is 2.96. The number of carbonyl (C=O) groups is 2. The Hall–Kier alpha value is -1.85. The van der Waals surface area contributed by atoms with Crippen molar-refractivity contribution in [1.29, 1.82) is 0 Å². The Bertz CT molecular complexity index is 709. The third kappa shape index (κ3) is 5.08. The zero-order valence-electron chi connectivity index (χ0n) is 13.8. The Kier molecular flexibility index (Phi) is 6.40. The summed E-state index contributed by atoms with van der Waals surface area (Å²) in [6.45, 7) is 5.83. The molecule has 0 radical (unpaired) electrons. The predicted octanol–water partition coefficient (Wildman–Crippen LogP) is 4.21. The lowest BCUT2D eigenvalue weighted by molar-refractivity contribution is -0.148. The largest absolute Gasteiger partial charge is 0.458 e. The number of benzene rings is 1. The van der Waals surface area contributed by atoms with Crippen molar-refractivity contribution >= 4 is 34.8 Å². The molecule has 0 aliphatic rings. The molecular formula is C18H20ClNO3S. The van der Waals surface area contributed by atoms with Crippen molar-refractivity contribution in [2.75, 3.05) is 0 Å². The molecule has 1 aromatic carbocycles. The predicted molar refractivity (Wildman–Crippen MR) is 96.4 cm³/mol. The van der Waals surface area contributed by atoms with E-state index >= 15 is 0 Å². The van der Waals surface area contributed by atoms with E-state index in [1.807, 2.05) is 39.0 Å². The Morgan fingerprint density at radius 1 is 1.17 bits per heavy atom. The van der Waals surface area contributed by atoms with E-state index in [2.05, 4.69) is 5.32 Å². The van der Waals surface area contributed by atoms with Gasteiger partial charge in [0.25, 0.3) is 5.91 Å². The molecule has 0 aliphatic carbocycles. The zero-order valence-corrected chi connectivity index (χ0v) is 15.4. The van der Waals surface area contributed by atoms with Crippen LogP contribution in [0.3, 0.4) is 0 Å². The minimum Gasteiger partial charge on any atom is -0.458 e. The first kappa shape index (κ1) is 18.5. The highest BCUT2D eigenvalue weighted by Crippen LogP contribution is 2.22. The van der Waals surface area contributed by atoms with Crippen LogP contribution in [0.2, 0.25) is 4.34 Å². The minimum atomic E-state index is -0.700. The van der Waals surface area contributed by atoms with Crippen molar-refractivity contribution in [2.24, 2.45) is 5.92 Å². The van der Waals surface area contributed by atoms with Crippen LogP contribution in [0.1, 0.15) is 34.6 Å². The van der Waals surface area contributed by atoms with Crippen LogP contribution < -0.4 is 5.32 Å². The van der Waals surface area contributed by atoms with Crippen LogP contribution >= 0.6 is 22.9 Å². The van der Waals surface area contributed by atoms with E-state index in [0.717, 1.165) is 10.4 Å². The van der Waals surface area contributed by atoms with Gasteiger partial charge in [-0.05, 0) is 37.1 Å². The average molecular weight is 366 g/mol. The van der Waals surface area contributed by atoms with Gasteiger partial charge in [-0.25, -0.2) is 4.79 Å². The molecule has 0 unspecified atom stereocenters. The van der Waals surface area contributed by atoms with Crippen LogP contribution in [0.25, 0.3) is 0 Å². The highest BCUT2D eigenvalue weighted by atomic mass is 35.5. The molecule has 128 valence electrons. The quantitative estimate of drug-likeness (QED) is 0.780. The van der Waals surface area contributed by atoms with Gasteiger partial charge in [-0.1, -0.05) is 43.1 Å². The molecule has 0 fully saturated rings. The van der Waals surface area contributed by atoms with E-state index in [-0.39, 0.29) is 18.4 Å². The van der Waals surface area contributed by atoms with Gasteiger partial charge >= 0.3 is 5.97 Å². The van der Waals surface area contributed by atoms with Gasteiger partial charge in [-0.15, -0.1) is 11.3 Å².